The first-order valence-electron chi connectivity index (χ1n) is 10.4. The van der Waals surface area contributed by atoms with Crippen molar-refractivity contribution >= 4 is 32.3 Å². The fourth-order valence-corrected chi connectivity index (χ4v) is 4.68. The normalized spacial score (nSPS) is 11.3. The molecule has 0 saturated carbocycles. The van der Waals surface area contributed by atoms with Crippen LogP contribution < -0.4 is 0 Å². The average molecular weight is 380 g/mol. The second-order valence-electron chi connectivity index (χ2n) is 7.76. The van der Waals surface area contributed by atoms with E-state index < -0.39 is 0 Å². The number of rotatable bonds is 2. The molecule has 0 radical (unpaired) electrons. The summed E-state index contributed by atoms with van der Waals surface area (Å²) in [5, 5.41) is 7.82. The molecule has 0 aliphatic carbocycles. The van der Waals surface area contributed by atoms with Crippen LogP contribution in [0.3, 0.4) is 0 Å². The maximum absolute atomic E-state index is 2.30. The highest BCUT2D eigenvalue weighted by Crippen LogP contribution is 2.41. The van der Waals surface area contributed by atoms with Crippen molar-refractivity contribution in [1.82, 2.24) is 0 Å². The monoisotopic (exact) mass is 380 g/mol. The van der Waals surface area contributed by atoms with E-state index in [2.05, 4.69) is 121 Å². The van der Waals surface area contributed by atoms with E-state index in [4.69, 9.17) is 0 Å². The fourth-order valence-electron chi connectivity index (χ4n) is 4.68. The molecule has 0 fully saturated rings. The first kappa shape index (κ1) is 17.0. The van der Waals surface area contributed by atoms with Crippen molar-refractivity contribution in [3.8, 4) is 22.3 Å². The van der Waals surface area contributed by atoms with Gasteiger partial charge >= 0.3 is 0 Å². The minimum atomic E-state index is 1.25. The lowest BCUT2D eigenvalue weighted by atomic mass is 9.87. The SMILES string of the molecule is c1ccc(-c2ccc3c(ccc4c5ccccc5ccc34)c2-c2ccccc2)cc1. The Bertz CT molecular complexity index is 1510. The van der Waals surface area contributed by atoms with Crippen molar-refractivity contribution in [3.05, 3.63) is 121 Å². The highest BCUT2D eigenvalue weighted by atomic mass is 14.2. The van der Waals surface area contributed by atoms with Crippen LogP contribution in [0.5, 0.6) is 0 Å². The Morgan fingerprint density at radius 3 is 1.63 bits per heavy atom. The van der Waals surface area contributed by atoms with Gasteiger partial charge in [0.15, 0.2) is 0 Å². The van der Waals surface area contributed by atoms with E-state index in [1.54, 1.807) is 0 Å². The van der Waals surface area contributed by atoms with Crippen LogP contribution >= 0.6 is 0 Å². The number of benzene rings is 6. The van der Waals surface area contributed by atoms with Gasteiger partial charge in [-0.1, -0.05) is 121 Å². The van der Waals surface area contributed by atoms with Gasteiger partial charge in [-0.05, 0) is 54.6 Å². The van der Waals surface area contributed by atoms with Crippen LogP contribution in [0.15, 0.2) is 121 Å². The molecular formula is C30H20. The van der Waals surface area contributed by atoms with Gasteiger partial charge in [0.05, 0.1) is 0 Å². The maximum Gasteiger partial charge on any atom is -0.00266 e. The molecular weight excluding hydrogens is 360 g/mol. The van der Waals surface area contributed by atoms with Gasteiger partial charge in [0.2, 0.25) is 0 Å². The van der Waals surface area contributed by atoms with Crippen molar-refractivity contribution in [1.29, 1.82) is 0 Å². The summed E-state index contributed by atoms with van der Waals surface area (Å²) < 4.78 is 0. The van der Waals surface area contributed by atoms with Gasteiger partial charge in [-0.3, -0.25) is 0 Å². The molecule has 0 heterocycles. The van der Waals surface area contributed by atoms with Crippen molar-refractivity contribution < 1.29 is 0 Å². The molecule has 0 aliphatic heterocycles. The molecule has 0 atom stereocenters. The summed E-state index contributed by atoms with van der Waals surface area (Å²) >= 11 is 0. The van der Waals surface area contributed by atoms with E-state index in [1.165, 1.54) is 54.6 Å². The summed E-state index contributed by atoms with van der Waals surface area (Å²) in [5.74, 6) is 0. The van der Waals surface area contributed by atoms with Crippen LogP contribution in [0.25, 0.3) is 54.6 Å². The molecule has 140 valence electrons. The lowest BCUT2D eigenvalue weighted by Gasteiger charge is -2.16. The minimum Gasteiger partial charge on any atom is -0.0622 e. The van der Waals surface area contributed by atoms with Gasteiger partial charge in [0.25, 0.3) is 0 Å². The Balaban J connectivity index is 1.75. The van der Waals surface area contributed by atoms with Gasteiger partial charge < -0.3 is 0 Å². The molecule has 0 nitrogen and oxygen atoms in total. The van der Waals surface area contributed by atoms with Crippen molar-refractivity contribution in [2.45, 2.75) is 0 Å². The third-order valence-corrected chi connectivity index (χ3v) is 6.07. The van der Waals surface area contributed by atoms with Crippen LogP contribution in [0.4, 0.5) is 0 Å². The first-order valence-corrected chi connectivity index (χ1v) is 10.4. The van der Waals surface area contributed by atoms with E-state index in [0.717, 1.165) is 0 Å². The van der Waals surface area contributed by atoms with E-state index >= 15 is 0 Å². The predicted octanol–water partition coefficient (Wildman–Crippen LogP) is 8.48. The fraction of sp³-hybridized carbons (Fsp3) is 0. The Labute approximate surface area is 176 Å². The Hall–Kier alpha value is -3.90. The summed E-state index contributed by atoms with van der Waals surface area (Å²) in [6, 6.07) is 43.8. The van der Waals surface area contributed by atoms with Crippen molar-refractivity contribution in [2.75, 3.05) is 0 Å². The molecule has 30 heavy (non-hydrogen) atoms. The highest BCUT2D eigenvalue weighted by Gasteiger charge is 2.14. The second kappa shape index (κ2) is 6.86. The van der Waals surface area contributed by atoms with Crippen molar-refractivity contribution in [2.24, 2.45) is 0 Å². The predicted molar refractivity (Wildman–Crippen MR) is 130 cm³/mol. The van der Waals surface area contributed by atoms with E-state index in [9.17, 15) is 0 Å². The van der Waals surface area contributed by atoms with Gasteiger partial charge in [-0.15, -0.1) is 0 Å². The van der Waals surface area contributed by atoms with Crippen LogP contribution in [0.2, 0.25) is 0 Å². The number of hydrogen-bond acceptors (Lipinski definition) is 0. The van der Waals surface area contributed by atoms with Crippen LogP contribution in [0, 0.1) is 0 Å². The average Bonchev–Trinajstić information content (AvgIpc) is 2.84. The van der Waals surface area contributed by atoms with Crippen molar-refractivity contribution in [3.63, 3.8) is 0 Å². The zero-order valence-electron chi connectivity index (χ0n) is 16.5. The number of fused-ring (bicyclic) bond motifs is 5. The molecule has 0 spiro atoms. The molecule has 0 aliphatic rings. The quantitative estimate of drug-likeness (QED) is 0.264. The van der Waals surface area contributed by atoms with E-state index in [-0.39, 0.29) is 0 Å². The molecule has 0 aromatic heterocycles. The topological polar surface area (TPSA) is 0 Å². The van der Waals surface area contributed by atoms with Crippen LogP contribution in [0.1, 0.15) is 0 Å². The minimum absolute atomic E-state index is 1.25. The van der Waals surface area contributed by atoms with Gasteiger partial charge in [0.1, 0.15) is 0 Å². The maximum atomic E-state index is 2.30. The Morgan fingerprint density at radius 1 is 0.300 bits per heavy atom. The Kier molecular flexibility index (Phi) is 3.89. The van der Waals surface area contributed by atoms with E-state index in [0.29, 0.717) is 0 Å². The summed E-state index contributed by atoms with van der Waals surface area (Å²) in [5.41, 5.74) is 5.07. The molecule has 0 heteroatoms. The summed E-state index contributed by atoms with van der Waals surface area (Å²) in [7, 11) is 0. The van der Waals surface area contributed by atoms with Crippen LogP contribution in [-0.2, 0) is 0 Å². The third-order valence-electron chi connectivity index (χ3n) is 6.07. The first-order chi connectivity index (χ1) is 14.9. The zero-order valence-corrected chi connectivity index (χ0v) is 16.5. The van der Waals surface area contributed by atoms with Crippen LogP contribution in [-0.4, -0.2) is 0 Å². The smallest absolute Gasteiger partial charge is 0.00266 e. The lowest BCUT2D eigenvalue weighted by molar-refractivity contribution is 1.61. The molecule has 6 aromatic carbocycles. The standard InChI is InChI=1S/C30H20/c1-3-9-21(10-4-1)25-17-18-28-27-16-15-22-11-7-8-14-24(22)26(27)19-20-29(28)30(25)23-12-5-2-6-13-23/h1-20H. The Morgan fingerprint density at radius 2 is 0.833 bits per heavy atom. The summed E-state index contributed by atoms with van der Waals surface area (Å²) in [6.45, 7) is 0. The number of hydrogen-bond donors (Lipinski definition) is 0. The zero-order chi connectivity index (χ0) is 19.9. The van der Waals surface area contributed by atoms with Gasteiger partial charge in [-0.2, -0.15) is 0 Å². The molecule has 0 N–H and O–H groups in total. The molecule has 0 unspecified atom stereocenters. The molecule has 0 saturated heterocycles. The lowest BCUT2D eigenvalue weighted by Crippen LogP contribution is -1.89. The molecule has 0 bridgehead atoms. The second-order valence-corrected chi connectivity index (χ2v) is 7.76. The summed E-state index contributed by atoms with van der Waals surface area (Å²) in [4.78, 5) is 0. The van der Waals surface area contributed by atoms with E-state index in [1.807, 2.05) is 0 Å². The third kappa shape index (κ3) is 2.62. The molecule has 6 aromatic rings. The van der Waals surface area contributed by atoms with Gasteiger partial charge in [-0.25, -0.2) is 0 Å². The summed E-state index contributed by atoms with van der Waals surface area (Å²) in [6.07, 6.45) is 0. The largest absolute Gasteiger partial charge is 0.0622 e. The van der Waals surface area contributed by atoms with Gasteiger partial charge in [0, 0.05) is 0 Å². The molecule has 6 rings (SSSR count). The highest BCUT2D eigenvalue weighted by molar-refractivity contribution is 6.20. The molecule has 0 amide bonds.